The van der Waals surface area contributed by atoms with Crippen molar-refractivity contribution in [3.63, 3.8) is 0 Å². The molecule has 0 amide bonds. The molecule has 1 atom stereocenters. The number of piperidine rings is 1. The number of likely N-dealkylation sites (tertiary alicyclic amines) is 1. The first-order valence-corrected chi connectivity index (χ1v) is 11.2. The van der Waals surface area contributed by atoms with Crippen molar-refractivity contribution < 1.29 is 50.9 Å². The number of hydrogen-bond acceptors (Lipinski definition) is 5. The SMILES string of the molecule is O=C(O)C(F)(F)F.O=C(O)C(F)(F)F.c1ccc(OCCN2CCCC(c3nc4ccccc4[nH]3)C2)cc1. The number of carbonyl (C=O) groups is 2. The molecule has 1 saturated heterocycles. The summed E-state index contributed by atoms with van der Waals surface area (Å²) in [5.41, 5.74) is 2.20. The molecule has 8 nitrogen and oxygen atoms in total. The minimum absolute atomic E-state index is 0.489. The lowest BCUT2D eigenvalue weighted by Crippen LogP contribution is -2.37. The number of nitrogens with zero attached hydrogens (tertiary/aromatic N) is 2. The first-order chi connectivity index (χ1) is 17.8. The van der Waals surface area contributed by atoms with Crippen LogP contribution in [-0.4, -0.2) is 75.6 Å². The van der Waals surface area contributed by atoms with Crippen LogP contribution in [0.4, 0.5) is 26.3 Å². The van der Waals surface area contributed by atoms with E-state index in [4.69, 9.17) is 29.5 Å². The van der Waals surface area contributed by atoms with E-state index in [0.29, 0.717) is 5.92 Å². The Kier molecular flexibility index (Phi) is 10.9. The molecule has 2 aromatic carbocycles. The zero-order valence-electron chi connectivity index (χ0n) is 19.8. The first kappa shape index (κ1) is 30.4. The summed E-state index contributed by atoms with van der Waals surface area (Å²) in [5.74, 6) is -2.95. The van der Waals surface area contributed by atoms with Crippen LogP contribution in [0.3, 0.4) is 0 Å². The highest BCUT2D eigenvalue weighted by Gasteiger charge is 2.38. The Hall–Kier alpha value is -3.81. The lowest BCUT2D eigenvalue weighted by atomic mass is 9.97. The van der Waals surface area contributed by atoms with Crippen molar-refractivity contribution in [3.8, 4) is 5.75 Å². The summed E-state index contributed by atoms with van der Waals surface area (Å²) >= 11 is 0. The van der Waals surface area contributed by atoms with Gasteiger partial charge in [0, 0.05) is 19.0 Å². The molecule has 1 aliphatic heterocycles. The Morgan fingerprint density at radius 2 is 1.50 bits per heavy atom. The molecule has 0 saturated carbocycles. The fourth-order valence-corrected chi connectivity index (χ4v) is 3.46. The van der Waals surface area contributed by atoms with E-state index in [9.17, 15) is 26.3 Å². The Labute approximate surface area is 212 Å². The van der Waals surface area contributed by atoms with Crippen LogP contribution in [0, 0.1) is 0 Å². The maximum atomic E-state index is 10.6. The predicted octanol–water partition coefficient (Wildman–Crippen LogP) is 5.09. The van der Waals surface area contributed by atoms with Gasteiger partial charge in [-0.1, -0.05) is 30.3 Å². The highest BCUT2D eigenvalue weighted by Crippen LogP contribution is 2.26. The van der Waals surface area contributed by atoms with Gasteiger partial charge >= 0.3 is 24.3 Å². The van der Waals surface area contributed by atoms with Crippen molar-refractivity contribution in [2.24, 2.45) is 0 Å². The number of alkyl halides is 6. The zero-order valence-corrected chi connectivity index (χ0v) is 19.8. The van der Waals surface area contributed by atoms with Gasteiger partial charge in [-0.05, 0) is 43.7 Å². The van der Waals surface area contributed by atoms with Crippen LogP contribution in [0.15, 0.2) is 54.6 Å². The average Bonchev–Trinajstić information content (AvgIpc) is 3.29. The quantitative estimate of drug-likeness (QED) is 0.380. The number of carboxylic acids is 2. The Morgan fingerprint density at radius 1 is 0.947 bits per heavy atom. The van der Waals surface area contributed by atoms with Crippen molar-refractivity contribution >= 4 is 23.0 Å². The molecule has 208 valence electrons. The van der Waals surface area contributed by atoms with Crippen LogP contribution in [0.25, 0.3) is 11.0 Å². The molecule has 0 spiro atoms. The number of para-hydroxylation sites is 3. The fraction of sp³-hybridized carbons (Fsp3) is 0.375. The summed E-state index contributed by atoms with van der Waals surface area (Å²) in [7, 11) is 0. The van der Waals surface area contributed by atoms with Gasteiger partial charge in [0.25, 0.3) is 0 Å². The summed E-state index contributed by atoms with van der Waals surface area (Å²) in [6.45, 7) is 3.90. The van der Waals surface area contributed by atoms with Gasteiger partial charge < -0.3 is 19.9 Å². The van der Waals surface area contributed by atoms with E-state index in [-0.39, 0.29) is 0 Å². The van der Waals surface area contributed by atoms with Crippen LogP contribution in [0.2, 0.25) is 0 Å². The molecule has 14 heteroatoms. The molecule has 2 heterocycles. The maximum Gasteiger partial charge on any atom is 0.490 e. The Morgan fingerprint density at radius 3 is 2.05 bits per heavy atom. The molecule has 38 heavy (non-hydrogen) atoms. The highest BCUT2D eigenvalue weighted by atomic mass is 19.4. The minimum atomic E-state index is -5.08. The van der Waals surface area contributed by atoms with Crippen molar-refractivity contribution in [1.82, 2.24) is 14.9 Å². The maximum absolute atomic E-state index is 10.6. The molecule has 1 unspecified atom stereocenters. The van der Waals surface area contributed by atoms with Gasteiger partial charge in [-0.3, -0.25) is 4.90 Å². The molecule has 1 fully saturated rings. The monoisotopic (exact) mass is 549 g/mol. The van der Waals surface area contributed by atoms with Gasteiger partial charge in [-0.15, -0.1) is 0 Å². The van der Waals surface area contributed by atoms with E-state index in [1.54, 1.807) is 0 Å². The van der Waals surface area contributed by atoms with Gasteiger partial charge in [0.1, 0.15) is 18.2 Å². The Balaban J connectivity index is 0.000000301. The molecular weight excluding hydrogens is 524 g/mol. The number of aliphatic carboxylic acids is 2. The van der Waals surface area contributed by atoms with Crippen LogP contribution in [0.1, 0.15) is 24.6 Å². The normalized spacial score (nSPS) is 16.0. The second-order valence-corrected chi connectivity index (χ2v) is 8.05. The first-order valence-electron chi connectivity index (χ1n) is 11.2. The van der Waals surface area contributed by atoms with E-state index in [2.05, 4.69) is 28.1 Å². The number of rotatable bonds is 5. The molecular formula is C24H25F6N3O5. The van der Waals surface area contributed by atoms with Crippen molar-refractivity contribution in [3.05, 3.63) is 60.4 Å². The summed E-state index contributed by atoms with van der Waals surface area (Å²) in [4.78, 5) is 28.6. The van der Waals surface area contributed by atoms with Crippen molar-refractivity contribution in [1.29, 1.82) is 0 Å². The number of ether oxygens (including phenoxy) is 1. The van der Waals surface area contributed by atoms with E-state index >= 15 is 0 Å². The molecule has 1 aliphatic rings. The summed E-state index contributed by atoms with van der Waals surface area (Å²) < 4.78 is 69.3. The highest BCUT2D eigenvalue weighted by molar-refractivity contribution is 5.75. The predicted molar refractivity (Wildman–Crippen MR) is 124 cm³/mol. The molecule has 0 aliphatic carbocycles. The van der Waals surface area contributed by atoms with Crippen LogP contribution < -0.4 is 4.74 Å². The van der Waals surface area contributed by atoms with E-state index in [1.807, 2.05) is 36.4 Å². The average molecular weight is 549 g/mol. The standard InChI is InChI=1S/C20H23N3O.2C2HF3O2/c1-2-8-17(9-3-1)24-14-13-23-12-6-7-16(15-23)20-21-18-10-4-5-11-19(18)22-20;2*3-2(4,5)1(6)7/h1-5,8-11,16H,6-7,12-15H2,(H,21,22);2*(H,6,7). The smallest absolute Gasteiger partial charge is 0.490 e. The second kappa shape index (κ2) is 13.7. The lowest BCUT2D eigenvalue weighted by molar-refractivity contribution is -0.193. The summed E-state index contributed by atoms with van der Waals surface area (Å²) in [6.07, 6.45) is -7.75. The molecule has 1 aromatic heterocycles. The third-order valence-corrected chi connectivity index (χ3v) is 5.20. The molecule has 0 radical (unpaired) electrons. The fourth-order valence-electron chi connectivity index (χ4n) is 3.46. The number of aromatic amines is 1. The second-order valence-electron chi connectivity index (χ2n) is 8.05. The minimum Gasteiger partial charge on any atom is -0.492 e. The molecule has 4 rings (SSSR count). The van der Waals surface area contributed by atoms with E-state index in [0.717, 1.165) is 48.8 Å². The van der Waals surface area contributed by atoms with Gasteiger partial charge in [-0.25, -0.2) is 14.6 Å². The molecule has 3 aromatic rings. The van der Waals surface area contributed by atoms with Crippen molar-refractivity contribution in [2.75, 3.05) is 26.2 Å². The Bertz CT molecular complexity index is 1110. The van der Waals surface area contributed by atoms with E-state index in [1.165, 1.54) is 12.8 Å². The lowest BCUT2D eigenvalue weighted by Gasteiger charge is -2.31. The number of carboxylic acid groups (broad SMARTS) is 2. The topological polar surface area (TPSA) is 116 Å². The third-order valence-electron chi connectivity index (χ3n) is 5.20. The molecule has 3 N–H and O–H groups in total. The largest absolute Gasteiger partial charge is 0.492 e. The van der Waals surface area contributed by atoms with Crippen molar-refractivity contribution in [2.45, 2.75) is 31.1 Å². The van der Waals surface area contributed by atoms with Gasteiger partial charge in [0.05, 0.1) is 11.0 Å². The van der Waals surface area contributed by atoms with E-state index < -0.39 is 24.3 Å². The van der Waals surface area contributed by atoms with Crippen LogP contribution in [0.5, 0.6) is 5.75 Å². The third kappa shape index (κ3) is 10.3. The number of nitrogens with one attached hydrogen (secondary N) is 1. The summed E-state index contributed by atoms with van der Waals surface area (Å²) in [5, 5.41) is 14.2. The van der Waals surface area contributed by atoms with Gasteiger partial charge in [0.15, 0.2) is 0 Å². The molecule has 0 bridgehead atoms. The van der Waals surface area contributed by atoms with Gasteiger partial charge in [-0.2, -0.15) is 26.3 Å². The number of halogens is 6. The summed E-state index contributed by atoms with van der Waals surface area (Å²) in [6, 6.07) is 18.3. The number of H-pyrrole nitrogens is 1. The number of fused-ring (bicyclic) bond motifs is 1. The zero-order chi connectivity index (χ0) is 28.3. The number of aromatic nitrogens is 2. The number of benzene rings is 2. The number of hydrogen-bond donors (Lipinski definition) is 3. The number of imidazole rings is 1. The van der Waals surface area contributed by atoms with Crippen LogP contribution >= 0.6 is 0 Å². The van der Waals surface area contributed by atoms with Crippen LogP contribution in [-0.2, 0) is 9.59 Å². The van der Waals surface area contributed by atoms with Gasteiger partial charge in [0.2, 0.25) is 0 Å².